The number of aromatic nitrogens is 2. The van der Waals surface area contributed by atoms with Crippen molar-refractivity contribution in [2.75, 3.05) is 16.8 Å². The van der Waals surface area contributed by atoms with Crippen LogP contribution in [-0.4, -0.2) is 22.4 Å². The highest BCUT2D eigenvalue weighted by Crippen LogP contribution is 2.28. The first-order chi connectivity index (χ1) is 13.2. The molecule has 0 atom stereocenters. The Kier molecular flexibility index (Phi) is 4.83. The summed E-state index contributed by atoms with van der Waals surface area (Å²) in [7, 11) is 0. The van der Waals surface area contributed by atoms with Crippen LogP contribution >= 0.6 is 0 Å². The molecule has 0 radical (unpaired) electrons. The Balaban J connectivity index is 1.52. The number of para-hydroxylation sites is 1. The maximum atomic E-state index is 13.0. The van der Waals surface area contributed by atoms with Crippen molar-refractivity contribution in [1.82, 2.24) is 9.97 Å². The third kappa shape index (κ3) is 3.82. The average Bonchev–Trinajstić information content (AvgIpc) is 2.71. The third-order valence-electron chi connectivity index (χ3n) is 4.80. The molecule has 3 aromatic rings. The summed E-state index contributed by atoms with van der Waals surface area (Å²) in [5.41, 5.74) is 5.00. The number of nitrogens with zero attached hydrogens (tertiary/aromatic N) is 3. The molecule has 5 nitrogen and oxygen atoms in total. The van der Waals surface area contributed by atoms with Gasteiger partial charge in [-0.25, -0.2) is 9.97 Å². The van der Waals surface area contributed by atoms with Gasteiger partial charge in [0.1, 0.15) is 17.8 Å². The number of carbonyl (C=O) groups excluding carboxylic acids is 1. The van der Waals surface area contributed by atoms with Gasteiger partial charge in [0.2, 0.25) is 0 Å². The van der Waals surface area contributed by atoms with Crippen LogP contribution in [0.1, 0.15) is 33.6 Å². The zero-order valence-corrected chi connectivity index (χ0v) is 15.4. The minimum Gasteiger partial charge on any atom is -0.366 e. The molecule has 0 bridgehead atoms. The quantitative estimate of drug-likeness (QED) is 0.766. The van der Waals surface area contributed by atoms with Crippen LogP contribution < -0.4 is 10.2 Å². The predicted molar refractivity (Wildman–Crippen MR) is 107 cm³/mol. The standard InChI is InChI=1S/C22H22N4O/c1-16-6-4-7-17(12-16)14-23-21-13-19(24-15-25-21)22(27)26-11-5-9-18-8-2-3-10-20(18)26/h2-4,6-8,10,12-13,15H,5,9,11,14H2,1H3,(H,23,24,25). The second-order valence-corrected chi connectivity index (χ2v) is 6.82. The van der Waals surface area contributed by atoms with Gasteiger partial charge in [-0.2, -0.15) is 0 Å². The molecule has 0 aliphatic carbocycles. The van der Waals surface area contributed by atoms with Crippen LogP contribution in [0.25, 0.3) is 0 Å². The Bertz CT molecular complexity index is 970. The number of fused-ring (bicyclic) bond motifs is 1. The number of nitrogens with one attached hydrogen (secondary N) is 1. The van der Waals surface area contributed by atoms with Crippen molar-refractivity contribution in [3.63, 3.8) is 0 Å². The SMILES string of the molecule is Cc1cccc(CNc2cc(C(=O)N3CCCc4ccccc43)ncn2)c1. The lowest BCUT2D eigenvalue weighted by atomic mass is 10.0. The smallest absolute Gasteiger partial charge is 0.277 e. The summed E-state index contributed by atoms with van der Waals surface area (Å²) in [5, 5.41) is 3.28. The number of hydrogen-bond acceptors (Lipinski definition) is 4. The Morgan fingerprint density at radius 1 is 1.11 bits per heavy atom. The summed E-state index contributed by atoms with van der Waals surface area (Å²) in [5.74, 6) is 0.573. The maximum absolute atomic E-state index is 13.0. The van der Waals surface area contributed by atoms with Gasteiger partial charge in [-0.1, -0.05) is 48.0 Å². The number of amides is 1. The number of anilines is 2. The van der Waals surface area contributed by atoms with Gasteiger partial charge in [0, 0.05) is 24.8 Å². The second-order valence-electron chi connectivity index (χ2n) is 6.82. The molecule has 4 rings (SSSR count). The van der Waals surface area contributed by atoms with Crippen LogP contribution in [0.15, 0.2) is 60.9 Å². The second kappa shape index (κ2) is 7.58. The van der Waals surface area contributed by atoms with E-state index in [2.05, 4.69) is 46.5 Å². The van der Waals surface area contributed by atoms with Crippen LogP contribution in [0, 0.1) is 6.92 Å². The van der Waals surface area contributed by atoms with Crippen LogP contribution in [0.5, 0.6) is 0 Å². The molecule has 2 aromatic carbocycles. The fraction of sp³-hybridized carbons (Fsp3) is 0.227. The van der Waals surface area contributed by atoms with Crippen molar-refractivity contribution in [2.24, 2.45) is 0 Å². The van der Waals surface area contributed by atoms with Crippen molar-refractivity contribution in [1.29, 1.82) is 0 Å². The van der Waals surface area contributed by atoms with Crippen LogP contribution in [0.3, 0.4) is 0 Å². The molecule has 5 heteroatoms. The molecule has 1 amide bonds. The third-order valence-corrected chi connectivity index (χ3v) is 4.80. The summed E-state index contributed by atoms with van der Waals surface area (Å²) >= 11 is 0. The number of carbonyl (C=O) groups is 1. The minimum atomic E-state index is -0.0804. The van der Waals surface area contributed by atoms with E-state index in [-0.39, 0.29) is 5.91 Å². The fourth-order valence-corrected chi connectivity index (χ4v) is 3.47. The number of benzene rings is 2. The van der Waals surface area contributed by atoms with Gasteiger partial charge in [-0.05, 0) is 37.0 Å². The Labute approximate surface area is 159 Å². The van der Waals surface area contributed by atoms with Gasteiger partial charge in [-0.3, -0.25) is 4.79 Å². The predicted octanol–water partition coefficient (Wildman–Crippen LogP) is 3.99. The molecule has 1 N–H and O–H groups in total. The lowest BCUT2D eigenvalue weighted by Crippen LogP contribution is -2.36. The zero-order valence-electron chi connectivity index (χ0n) is 15.4. The van der Waals surface area contributed by atoms with Crippen LogP contribution in [-0.2, 0) is 13.0 Å². The van der Waals surface area contributed by atoms with Crippen molar-refractivity contribution in [3.8, 4) is 0 Å². The van der Waals surface area contributed by atoms with E-state index in [0.717, 1.165) is 18.5 Å². The van der Waals surface area contributed by atoms with E-state index >= 15 is 0 Å². The average molecular weight is 358 g/mol. The number of aryl methyl sites for hydroxylation is 2. The fourth-order valence-electron chi connectivity index (χ4n) is 3.47. The molecule has 0 saturated carbocycles. The summed E-state index contributed by atoms with van der Waals surface area (Å²) in [6.07, 6.45) is 3.42. The summed E-state index contributed by atoms with van der Waals surface area (Å²) in [4.78, 5) is 23.3. The normalized spacial score (nSPS) is 13.1. The van der Waals surface area contributed by atoms with Crippen molar-refractivity contribution in [3.05, 3.63) is 83.3 Å². The molecule has 0 fully saturated rings. The number of rotatable bonds is 4. The molecule has 27 heavy (non-hydrogen) atoms. The Hall–Kier alpha value is -3.21. The zero-order chi connectivity index (χ0) is 18.6. The summed E-state index contributed by atoms with van der Waals surface area (Å²) in [6, 6.07) is 18.1. The van der Waals surface area contributed by atoms with E-state index in [1.165, 1.54) is 23.0 Å². The van der Waals surface area contributed by atoms with E-state index < -0.39 is 0 Å². The van der Waals surface area contributed by atoms with Crippen molar-refractivity contribution < 1.29 is 4.79 Å². The van der Waals surface area contributed by atoms with E-state index in [4.69, 9.17) is 0 Å². The van der Waals surface area contributed by atoms with Gasteiger partial charge >= 0.3 is 0 Å². The molecule has 1 aliphatic heterocycles. The van der Waals surface area contributed by atoms with Gasteiger partial charge in [0.25, 0.3) is 5.91 Å². The molecule has 1 aromatic heterocycles. The van der Waals surface area contributed by atoms with Crippen molar-refractivity contribution in [2.45, 2.75) is 26.3 Å². The van der Waals surface area contributed by atoms with E-state index in [9.17, 15) is 4.79 Å². The lowest BCUT2D eigenvalue weighted by Gasteiger charge is -2.29. The molecule has 0 saturated heterocycles. The van der Waals surface area contributed by atoms with Gasteiger partial charge in [0.05, 0.1) is 0 Å². The molecular weight excluding hydrogens is 336 g/mol. The largest absolute Gasteiger partial charge is 0.366 e. The van der Waals surface area contributed by atoms with Gasteiger partial charge < -0.3 is 10.2 Å². The highest BCUT2D eigenvalue weighted by atomic mass is 16.2. The molecule has 2 heterocycles. The highest BCUT2D eigenvalue weighted by molar-refractivity contribution is 6.05. The van der Waals surface area contributed by atoms with Crippen LogP contribution in [0.2, 0.25) is 0 Å². The Morgan fingerprint density at radius 2 is 2.00 bits per heavy atom. The van der Waals surface area contributed by atoms with Crippen LogP contribution in [0.4, 0.5) is 11.5 Å². The highest BCUT2D eigenvalue weighted by Gasteiger charge is 2.24. The molecule has 136 valence electrons. The molecule has 1 aliphatic rings. The maximum Gasteiger partial charge on any atom is 0.277 e. The lowest BCUT2D eigenvalue weighted by molar-refractivity contribution is 0.0980. The minimum absolute atomic E-state index is 0.0804. The summed E-state index contributed by atoms with van der Waals surface area (Å²) < 4.78 is 0. The first-order valence-corrected chi connectivity index (χ1v) is 9.22. The van der Waals surface area contributed by atoms with Crippen molar-refractivity contribution >= 4 is 17.4 Å². The van der Waals surface area contributed by atoms with E-state index in [0.29, 0.717) is 24.6 Å². The summed E-state index contributed by atoms with van der Waals surface area (Å²) in [6.45, 7) is 3.44. The van der Waals surface area contributed by atoms with E-state index in [1.54, 1.807) is 6.07 Å². The molecular formula is C22H22N4O. The topological polar surface area (TPSA) is 58.1 Å². The first kappa shape index (κ1) is 17.2. The molecule has 0 spiro atoms. The number of hydrogen-bond donors (Lipinski definition) is 1. The molecule has 0 unspecified atom stereocenters. The van der Waals surface area contributed by atoms with E-state index in [1.807, 2.05) is 29.2 Å². The Morgan fingerprint density at radius 3 is 2.89 bits per heavy atom. The van der Waals surface area contributed by atoms with Gasteiger partial charge in [0.15, 0.2) is 0 Å². The first-order valence-electron chi connectivity index (χ1n) is 9.22. The van der Waals surface area contributed by atoms with Gasteiger partial charge in [-0.15, -0.1) is 0 Å². The monoisotopic (exact) mass is 358 g/mol.